The van der Waals surface area contributed by atoms with Crippen LogP contribution in [0.5, 0.6) is 0 Å². The molecule has 6 heteroatoms. The van der Waals surface area contributed by atoms with Gasteiger partial charge in [-0.1, -0.05) is 30.7 Å². The van der Waals surface area contributed by atoms with E-state index < -0.39 is 20.7 Å². The Morgan fingerprint density at radius 2 is 1.95 bits per heavy atom. The molecule has 1 spiro atoms. The Morgan fingerprint density at radius 3 is 2.63 bits per heavy atom. The van der Waals surface area contributed by atoms with Gasteiger partial charge in [0.05, 0.1) is 12.0 Å². The first-order valence-electron chi connectivity index (χ1n) is 6.31. The van der Waals surface area contributed by atoms with Gasteiger partial charge in [-0.2, -0.15) is 8.42 Å². The summed E-state index contributed by atoms with van der Waals surface area (Å²) in [4.78, 5) is 11.7. The highest BCUT2D eigenvalue weighted by Gasteiger charge is 2.58. The number of hydrogen-bond acceptors (Lipinski definition) is 3. The summed E-state index contributed by atoms with van der Waals surface area (Å²) in [6, 6.07) is 7.75. The zero-order valence-corrected chi connectivity index (χ0v) is 11.9. The zero-order chi connectivity index (χ0) is 13.7. The lowest BCUT2D eigenvalue weighted by atomic mass is 9.76. The molecule has 0 N–H and O–H groups in total. The smallest absolute Gasteiger partial charge is 0.274 e. The highest BCUT2D eigenvalue weighted by Crippen LogP contribution is 2.50. The predicted molar refractivity (Wildman–Crippen MR) is 71.9 cm³/mol. The fraction of sp³-hybridized carbons (Fsp3) is 0.462. The molecule has 102 valence electrons. The first kappa shape index (κ1) is 12.9. The quantitative estimate of drug-likeness (QED) is 0.591. The van der Waals surface area contributed by atoms with Crippen molar-refractivity contribution in [3.05, 3.63) is 35.4 Å². The van der Waals surface area contributed by atoms with Crippen molar-refractivity contribution in [3.8, 4) is 0 Å². The van der Waals surface area contributed by atoms with Crippen molar-refractivity contribution in [3.63, 3.8) is 0 Å². The van der Waals surface area contributed by atoms with Gasteiger partial charge in [-0.15, -0.1) is 0 Å². The fourth-order valence-electron chi connectivity index (χ4n) is 3.33. The van der Waals surface area contributed by atoms with Crippen LogP contribution < -0.4 is 0 Å². The van der Waals surface area contributed by atoms with Crippen molar-refractivity contribution in [2.45, 2.75) is 37.6 Å². The number of rotatable bonds is 1. The molecule has 1 fully saturated rings. The first-order valence-corrected chi connectivity index (χ1v) is 8.58. The van der Waals surface area contributed by atoms with Gasteiger partial charge < -0.3 is 0 Å². The number of nitrogens with zero attached hydrogens (tertiary/aromatic N) is 1. The lowest BCUT2D eigenvalue weighted by molar-refractivity contribution is -0.146. The summed E-state index contributed by atoms with van der Waals surface area (Å²) in [5.41, 5.74) is 1.32. The number of carbonyl (C=O) groups is 1. The summed E-state index contributed by atoms with van der Waals surface area (Å²) >= 11 is 0. The number of hydrogen-bond donors (Lipinski definition) is 0. The van der Waals surface area contributed by atoms with E-state index >= 15 is 0 Å². The molecule has 1 heterocycles. The molecular formula is C13H14ClNO3S. The Bertz CT molecular complexity index is 643. The van der Waals surface area contributed by atoms with Crippen LogP contribution in [0.2, 0.25) is 0 Å². The maximum absolute atomic E-state index is 11.7. The van der Waals surface area contributed by atoms with Crippen LogP contribution in [0.15, 0.2) is 24.3 Å². The molecule has 19 heavy (non-hydrogen) atoms. The number of halogens is 1. The van der Waals surface area contributed by atoms with Crippen LogP contribution in [0.25, 0.3) is 0 Å². The highest BCUT2D eigenvalue weighted by molar-refractivity contribution is 8.12. The molecule has 4 nitrogen and oxygen atoms in total. The van der Waals surface area contributed by atoms with E-state index in [0.717, 1.165) is 34.7 Å². The number of fused-ring (bicyclic) bond motifs is 2. The van der Waals surface area contributed by atoms with Gasteiger partial charge in [-0.25, -0.2) is 4.31 Å². The van der Waals surface area contributed by atoms with E-state index in [2.05, 4.69) is 0 Å². The third-order valence-electron chi connectivity index (χ3n) is 4.08. The van der Waals surface area contributed by atoms with Gasteiger partial charge in [0.1, 0.15) is 0 Å². The first-order chi connectivity index (χ1) is 8.95. The molecule has 1 aliphatic heterocycles. The molecule has 1 atom stereocenters. The molecule has 0 aromatic heterocycles. The summed E-state index contributed by atoms with van der Waals surface area (Å²) in [6.07, 6.45) is 3.70. The molecule has 1 aliphatic carbocycles. The van der Waals surface area contributed by atoms with E-state index in [0.29, 0.717) is 6.42 Å². The van der Waals surface area contributed by atoms with Crippen molar-refractivity contribution < 1.29 is 13.2 Å². The minimum absolute atomic E-state index is 0.232. The Hall–Kier alpha value is -1.07. The number of benzene rings is 1. The van der Waals surface area contributed by atoms with Crippen LogP contribution in [0.4, 0.5) is 0 Å². The second kappa shape index (κ2) is 4.21. The van der Waals surface area contributed by atoms with Gasteiger partial charge in [-0.05, 0) is 30.4 Å². The second-order valence-electron chi connectivity index (χ2n) is 5.17. The van der Waals surface area contributed by atoms with Crippen molar-refractivity contribution >= 4 is 25.8 Å². The average Bonchev–Trinajstić information content (AvgIpc) is 2.48. The largest absolute Gasteiger partial charge is 0.324 e. The van der Waals surface area contributed by atoms with Crippen LogP contribution in [-0.2, 0) is 26.0 Å². The SMILES string of the molecule is O=C1CC2(CCCCc3ccccc32)N1S(=O)(=O)Cl. The van der Waals surface area contributed by atoms with Crippen LogP contribution in [0.3, 0.4) is 0 Å². The number of β-lactam (4-membered cyclic amide) rings is 1. The fourth-order valence-corrected chi connectivity index (χ4v) is 4.93. The minimum atomic E-state index is -4.03. The lowest BCUT2D eigenvalue weighted by Crippen LogP contribution is -2.62. The van der Waals surface area contributed by atoms with Gasteiger partial charge in [-0.3, -0.25) is 4.79 Å². The Labute approximate surface area is 116 Å². The van der Waals surface area contributed by atoms with Gasteiger partial charge in [0, 0.05) is 10.7 Å². The molecule has 0 bridgehead atoms. The summed E-state index contributed by atoms with van der Waals surface area (Å²) in [5, 5.41) is 0. The monoisotopic (exact) mass is 299 g/mol. The second-order valence-corrected chi connectivity index (χ2v) is 7.53. The molecule has 1 amide bonds. The molecule has 0 radical (unpaired) electrons. The van der Waals surface area contributed by atoms with Gasteiger partial charge >= 0.3 is 9.24 Å². The van der Waals surface area contributed by atoms with Gasteiger partial charge in [0.2, 0.25) is 5.91 Å². The van der Waals surface area contributed by atoms with E-state index in [-0.39, 0.29) is 6.42 Å². The molecule has 0 saturated carbocycles. The van der Waals surface area contributed by atoms with E-state index in [4.69, 9.17) is 10.7 Å². The van der Waals surface area contributed by atoms with Crippen molar-refractivity contribution in [1.82, 2.24) is 4.31 Å². The molecule has 1 saturated heterocycles. The number of aryl methyl sites for hydroxylation is 1. The molecule has 3 rings (SSSR count). The Balaban J connectivity index is 2.17. The third-order valence-corrected chi connectivity index (χ3v) is 5.49. The van der Waals surface area contributed by atoms with Crippen molar-refractivity contribution in [2.24, 2.45) is 0 Å². The predicted octanol–water partition coefficient (Wildman–Crippen LogP) is 2.32. The van der Waals surface area contributed by atoms with Crippen LogP contribution in [-0.4, -0.2) is 18.6 Å². The Morgan fingerprint density at radius 1 is 1.21 bits per heavy atom. The maximum atomic E-state index is 11.7. The molecule has 1 aromatic rings. The van der Waals surface area contributed by atoms with Crippen molar-refractivity contribution in [2.75, 3.05) is 0 Å². The zero-order valence-electron chi connectivity index (χ0n) is 10.3. The van der Waals surface area contributed by atoms with Gasteiger partial charge in [0.25, 0.3) is 0 Å². The topological polar surface area (TPSA) is 54.5 Å². The Kier molecular flexibility index (Phi) is 2.87. The molecule has 2 aliphatic rings. The lowest BCUT2D eigenvalue weighted by Gasteiger charge is -2.50. The maximum Gasteiger partial charge on any atom is 0.324 e. The van der Waals surface area contributed by atoms with E-state index in [1.54, 1.807) is 0 Å². The van der Waals surface area contributed by atoms with Gasteiger partial charge in [0.15, 0.2) is 0 Å². The average molecular weight is 300 g/mol. The summed E-state index contributed by atoms with van der Waals surface area (Å²) in [5.74, 6) is -0.410. The van der Waals surface area contributed by atoms with Crippen molar-refractivity contribution in [1.29, 1.82) is 0 Å². The molecule has 1 unspecified atom stereocenters. The summed E-state index contributed by atoms with van der Waals surface area (Å²) in [7, 11) is 1.42. The number of amides is 1. The van der Waals surface area contributed by atoms with Crippen LogP contribution >= 0.6 is 10.7 Å². The number of carbonyl (C=O) groups excluding carboxylic acids is 1. The minimum Gasteiger partial charge on any atom is -0.274 e. The summed E-state index contributed by atoms with van der Waals surface area (Å²) in [6.45, 7) is 0. The standard InChI is InChI=1S/C13H14ClNO3S/c14-19(17,18)15-12(16)9-13(15)8-4-3-6-10-5-1-2-7-11(10)13/h1-2,5,7H,3-4,6,8-9H2. The van der Waals surface area contributed by atoms with Crippen LogP contribution in [0, 0.1) is 0 Å². The third kappa shape index (κ3) is 1.87. The highest BCUT2D eigenvalue weighted by atomic mass is 35.7. The van der Waals surface area contributed by atoms with Crippen LogP contribution in [0.1, 0.15) is 36.8 Å². The normalized spacial score (nSPS) is 26.8. The molecule has 1 aromatic carbocycles. The van der Waals surface area contributed by atoms with E-state index in [1.165, 1.54) is 0 Å². The molecular weight excluding hydrogens is 286 g/mol. The van der Waals surface area contributed by atoms with E-state index in [1.807, 2.05) is 24.3 Å². The summed E-state index contributed by atoms with van der Waals surface area (Å²) < 4.78 is 24.3. The van der Waals surface area contributed by atoms with E-state index in [9.17, 15) is 13.2 Å².